The Morgan fingerprint density at radius 2 is 1.21 bits per heavy atom. The molecule has 2 aromatic carbocycles. The molecule has 1 heterocycles. The van der Waals surface area contributed by atoms with Crippen molar-refractivity contribution in [3.05, 3.63) is 59.7 Å². The van der Waals surface area contributed by atoms with Gasteiger partial charge in [-0.3, -0.25) is 0 Å². The number of hydrogen-bond acceptors (Lipinski definition) is 0. The molecule has 0 unspecified atom stereocenters. The molecule has 0 fully saturated rings. The number of hydrogen-bond donors (Lipinski definition) is 0. The molecule has 0 bridgehead atoms. The molecular weight excluding hydrogens is 245 g/mol. The van der Waals surface area contributed by atoms with Crippen molar-refractivity contribution in [1.82, 2.24) is 0 Å². The van der Waals surface area contributed by atoms with E-state index in [2.05, 4.69) is 48.5 Å². The fourth-order valence-electron chi connectivity index (χ4n) is 2.04. The van der Waals surface area contributed by atoms with Gasteiger partial charge in [-0.1, -0.05) is 0 Å². The fourth-order valence-corrected chi connectivity index (χ4v) is 5.77. The Labute approximate surface area is 99.3 Å². The van der Waals surface area contributed by atoms with Crippen molar-refractivity contribution in [2.75, 3.05) is 0 Å². The van der Waals surface area contributed by atoms with Crippen LogP contribution in [0.4, 0.5) is 0 Å². The third kappa shape index (κ3) is 1.47. The summed E-state index contributed by atoms with van der Waals surface area (Å²) in [6.07, 6.45) is 1.15. The van der Waals surface area contributed by atoms with Crippen LogP contribution in [0.1, 0.15) is 11.1 Å². The molecule has 65 valence electrons. The zero-order chi connectivity index (χ0) is 9.38. The van der Waals surface area contributed by atoms with E-state index >= 15 is 0 Å². The zero-order valence-corrected chi connectivity index (χ0v) is 10.7. The van der Waals surface area contributed by atoms with Crippen LogP contribution < -0.4 is 4.75 Å². The van der Waals surface area contributed by atoms with Crippen LogP contribution in [0.25, 0.3) is 0 Å². The Morgan fingerprint density at radius 3 is 1.79 bits per heavy atom. The first-order valence-electron chi connectivity index (χ1n) is 4.94. The topological polar surface area (TPSA) is 0 Å². The first-order valence-corrected chi connectivity index (χ1v) is 7.78. The van der Waals surface area contributed by atoms with Gasteiger partial charge in [0.05, 0.1) is 0 Å². The van der Waals surface area contributed by atoms with E-state index in [-0.39, 0.29) is 0 Å². The van der Waals surface area contributed by atoms with Gasteiger partial charge in [0.25, 0.3) is 0 Å². The monoisotopic (exact) mass is 255 g/mol. The molecule has 0 spiro atoms. The van der Waals surface area contributed by atoms with E-state index < -0.39 is 29.2 Å². The molecule has 14 heavy (non-hydrogen) atoms. The second-order valence-corrected chi connectivity index (χ2v) is 7.49. The molecule has 0 saturated carbocycles. The van der Waals surface area contributed by atoms with Gasteiger partial charge in [0.1, 0.15) is 0 Å². The summed E-state index contributed by atoms with van der Waals surface area (Å²) in [4.78, 5) is 0. The molecule has 0 N–H and O–H groups in total. The SMILES string of the molecule is c1cc[c]2c(c1)Cc1cccc[c]1[Y]2. The van der Waals surface area contributed by atoms with Gasteiger partial charge in [-0.15, -0.1) is 0 Å². The number of benzene rings is 2. The van der Waals surface area contributed by atoms with Gasteiger partial charge in [-0.25, -0.2) is 0 Å². The van der Waals surface area contributed by atoms with Gasteiger partial charge < -0.3 is 0 Å². The van der Waals surface area contributed by atoms with Crippen LogP contribution in [0.3, 0.4) is 0 Å². The Kier molecular flexibility index (Phi) is 2.27. The summed E-state index contributed by atoms with van der Waals surface area (Å²) in [5, 5.41) is 0. The van der Waals surface area contributed by atoms with Gasteiger partial charge >= 0.3 is 100 Å². The molecule has 1 aliphatic heterocycles. The maximum atomic E-state index is 2.33. The van der Waals surface area contributed by atoms with E-state index in [1.807, 2.05) is 0 Å². The van der Waals surface area contributed by atoms with Crippen molar-refractivity contribution in [2.45, 2.75) is 6.42 Å². The average Bonchev–Trinajstić information content (AvgIpc) is 2.26. The molecule has 3 rings (SSSR count). The van der Waals surface area contributed by atoms with Crippen LogP contribution in [-0.4, -0.2) is 0 Å². The fraction of sp³-hybridized carbons (Fsp3) is 0.0769. The van der Waals surface area contributed by atoms with Crippen molar-refractivity contribution in [3.8, 4) is 0 Å². The van der Waals surface area contributed by atoms with E-state index in [1.54, 1.807) is 15.9 Å². The molecule has 1 aliphatic rings. The minimum absolute atomic E-state index is 0.673. The van der Waals surface area contributed by atoms with Crippen LogP contribution in [0.2, 0.25) is 0 Å². The Morgan fingerprint density at radius 1 is 0.714 bits per heavy atom. The molecular formula is C13H10Y. The van der Waals surface area contributed by atoms with Crippen molar-refractivity contribution >= 4 is 4.75 Å². The summed E-state index contributed by atoms with van der Waals surface area (Å²) in [6, 6.07) is 17.9. The summed E-state index contributed by atoms with van der Waals surface area (Å²) in [7, 11) is 0. The van der Waals surface area contributed by atoms with E-state index in [9.17, 15) is 0 Å². The summed E-state index contributed by atoms with van der Waals surface area (Å²) in [5.74, 6) is 0. The third-order valence-corrected chi connectivity index (χ3v) is 7.10. The zero-order valence-electron chi connectivity index (χ0n) is 7.90. The molecule has 0 atom stereocenters. The van der Waals surface area contributed by atoms with Crippen molar-refractivity contribution < 1.29 is 29.2 Å². The Bertz CT molecular complexity index is 387. The maximum absolute atomic E-state index is 2.33. The number of rotatable bonds is 0. The molecule has 0 amide bonds. The van der Waals surface area contributed by atoms with Crippen LogP contribution in [0.5, 0.6) is 0 Å². The normalized spacial score (nSPS) is 12.0. The first-order chi connectivity index (χ1) is 6.93. The van der Waals surface area contributed by atoms with Gasteiger partial charge in [-0.2, -0.15) is 0 Å². The molecule has 0 aliphatic carbocycles. The summed E-state index contributed by atoms with van der Waals surface area (Å²) in [6.45, 7) is 0. The quantitative estimate of drug-likeness (QED) is 0.572. The van der Waals surface area contributed by atoms with E-state index in [4.69, 9.17) is 0 Å². The van der Waals surface area contributed by atoms with E-state index in [1.165, 1.54) is 0 Å². The summed E-state index contributed by atoms with van der Waals surface area (Å²) >= 11 is -0.673. The Hall–Kier alpha value is -0.456. The van der Waals surface area contributed by atoms with Crippen molar-refractivity contribution in [3.63, 3.8) is 0 Å². The van der Waals surface area contributed by atoms with Crippen LogP contribution in [0, 0.1) is 0 Å². The second kappa shape index (κ2) is 3.60. The molecule has 2 aromatic rings. The molecule has 1 heteroatoms. The molecule has 0 saturated heterocycles. The predicted molar refractivity (Wildman–Crippen MR) is 55.0 cm³/mol. The third-order valence-electron chi connectivity index (χ3n) is 2.80. The Balaban J connectivity index is 2.12. The van der Waals surface area contributed by atoms with Gasteiger partial charge in [0.15, 0.2) is 0 Å². The van der Waals surface area contributed by atoms with Crippen molar-refractivity contribution in [1.29, 1.82) is 0 Å². The standard InChI is InChI=1S/C13H10.Y/c1-3-7-12(8-4-1)11-13-9-5-2-6-10-13;/h1-7,9H,11H2;. The molecule has 0 nitrogen and oxygen atoms in total. The van der Waals surface area contributed by atoms with E-state index in [0.29, 0.717) is 0 Å². The van der Waals surface area contributed by atoms with Crippen molar-refractivity contribution in [2.24, 2.45) is 0 Å². The first kappa shape index (κ1) is 8.82. The van der Waals surface area contributed by atoms with Crippen LogP contribution in [0.15, 0.2) is 48.5 Å². The summed E-state index contributed by atoms with van der Waals surface area (Å²) < 4.78 is 3.36. The van der Waals surface area contributed by atoms with Gasteiger partial charge in [0, 0.05) is 0 Å². The number of fused-ring (bicyclic) bond motifs is 2. The van der Waals surface area contributed by atoms with Crippen LogP contribution >= 0.6 is 0 Å². The van der Waals surface area contributed by atoms with Gasteiger partial charge in [-0.05, 0) is 0 Å². The minimum atomic E-state index is -0.673. The molecule has 0 radical (unpaired) electrons. The predicted octanol–water partition coefficient (Wildman–Crippen LogP) is 1.62. The average molecular weight is 255 g/mol. The van der Waals surface area contributed by atoms with Gasteiger partial charge in [0.2, 0.25) is 0 Å². The van der Waals surface area contributed by atoms with E-state index in [0.717, 1.165) is 6.42 Å². The summed E-state index contributed by atoms with van der Waals surface area (Å²) in [5.41, 5.74) is 3.15. The second-order valence-electron chi connectivity index (χ2n) is 3.72. The molecule has 0 aromatic heterocycles. The van der Waals surface area contributed by atoms with Crippen LogP contribution in [-0.2, 0) is 35.6 Å².